The number of nitrogens with zero attached hydrogens (tertiary/aromatic N) is 2. The average Bonchev–Trinajstić information content (AvgIpc) is 2.81. The lowest BCUT2D eigenvalue weighted by molar-refractivity contribution is -0.115. The lowest BCUT2D eigenvalue weighted by atomic mass is 10.1. The number of carbonyl (C=O) groups is 1. The summed E-state index contributed by atoms with van der Waals surface area (Å²) in [7, 11) is 0. The van der Waals surface area contributed by atoms with Crippen LogP contribution in [-0.2, 0) is 17.9 Å². The molecule has 1 aromatic carbocycles. The first kappa shape index (κ1) is 14.6. The third-order valence-corrected chi connectivity index (χ3v) is 3.88. The van der Waals surface area contributed by atoms with E-state index < -0.39 is 0 Å². The van der Waals surface area contributed by atoms with Crippen molar-refractivity contribution in [3.63, 3.8) is 0 Å². The van der Waals surface area contributed by atoms with Gasteiger partial charge in [-0.3, -0.25) is 4.79 Å². The molecule has 0 saturated carbocycles. The predicted octanol–water partition coefficient (Wildman–Crippen LogP) is 1.31. The molecule has 0 atom stereocenters. The van der Waals surface area contributed by atoms with Gasteiger partial charge in [0.05, 0.1) is 24.3 Å². The van der Waals surface area contributed by atoms with Crippen molar-refractivity contribution in [2.24, 2.45) is 5.73 Å². The summed E-state index contributed by atoms with van der Waals surface area (Å²) in [5.74, 6) is -0.207. The maximum absolute atomic E-state index is 10.9. The zero-order valence-electron chi connectivity index (χ0n) is 11.2. The van der Waals surface area contributed by atoms with Gasteiger partial charge in [-0.1, -0.05) is 41.6 Å². The number of benzene rings is 1. The van der Waals surface area contributed by atoms with Crippen LogP contribution in [-0.4, -0.2) is 26.3 Å². The second kappa shape index (κ2) is 6.58. The van der Waals surface area contributed by atoms with Crippen LogP contribution in [0.15, 0.2) is 35.6 Å². The number of aryl methyl sites for hydroxylation is 1. The maximum Gasteiger partial charge on any atom is 0.227 e. The summed E-state index contributed by atoms with van der Waals surface area (Å²) in [5, 5.41) is 10.1. The number of amides is 1. The van der Waals surface area contributed by atoms with E-state index in [0.717, 1.165) is 11.3 Å². The summed E-state index contributed by atoms with van der Waals surface area (Å²) in [6.07, 6.45) is 1.62. The number of nitrogens with two attached hydrogens (primary N) is 1. The minimum atomic E-state index is -0.384. The van der Waals surface area contributed by atoms with E-state index in [1.807, 2.05) is 35.8 Å². The molecule has 1 amide bonds. The summed E-state index contributed by atoms with van der Waals surface area (Å²) in [5.41, 5.74) is 8.19. The van der Waals surface area contributed by atoms with Crippen molar-refractivity contribution >= 4 is 17.7 Å². The van der Waals surface area contributed by atoms with E-state index in [1.54, 1.807) is 6.20 Å². The molecule has 1 aromatic heterocycles. The topological polar surface area (TPSA) is 81.1 Å². The van der Waals surface area contributed by atoms with Gasteiger partial charge in [-0.15, -0.1) is 0 Å². The molecule has 0 saturated heterocycles. The summed E-state index contributed by atoms with van der Waals surface area (Å²) < 4.78 is 1.90. The van der Waals surface area contributed by atoms with E-state index in [4.69, 9.17) is 5.73 Å². The van der Waals surface area contributed by atoms with Gasteiger partial charge in [-0.2, -0.15) is 0 Å². The molecule has 3 N–H and O–H groups in total. The molecule has 0 fully saturated rings. The normalized spacial score (nSPS) is 10.7. The molecule has 6 heteroatoms. The Morgan fingerprint density at radius 1 is 1.40 bits per heavy atom. The van der Waals surface area contributed by atoms with Crippen molar-refractivity contribution < 1.29 is 9.90 Å². The Labute approximate surface area is 121 Å². The number of aliphatic hydroxyl groups excluding tert-OH is 1. The van der Waals surface area contributed by atoms with Crippen LogP contribution in [0.25, 0.3) is 0 Å². The van der Waals surface area contributed by atoms with E-state index in [1.165, 1.54) is 17.3 Å². The Morgan fingerprint density at radius 3 is 2.70 bits per heavy atom. The largest absolute Gasteiger partial charge is 0.390 e. The molecule has 20 heavy (non-hydrogen) atoms. The number of aliphatic hydroxyl groups is 1. The molecular weight excluding hydrogens is 274 g/mol. The lowest BCUT2D eigenvalue weighted by Gasteiger charge is -2.10. The molecule has 5 nitrogen and oxygen atoms in total. The Bertz CT molecular complexity index is 593. The van der Waals surface area contributed by atoms with E-state index in [0.29, 0.717) is 11.7 Å². The Kier molecular flexibility index (Phi) is 4.81. The van der Waals surface area contributed by atoms with Gasteiger partial charge >= 0.3 is 0 Å². The van der Waals surface area contributed by atoms with E-state index in [2.05, 4.69) is 4.98 Å². The summed E-state index contributed by atoms with van der Waals surface area (Å²) in [6, 6.07) is 8.17. The molecule has 0 aliphatic heterocycles. The van der Waals surface area contributed by atoms with Gasteiger partial charge in [0.25, 0.3) is 0 Å². The molecular formula is C14H17N3O2S. The van der Waals surface area contributed by atoms with Gasteiger partial charge in [0.1, 0.15) is 0 Å². The van der Waals surface area contributed by atoms with Gasteiger partial charge in [-0.25, -0.2) is 4.98 Å². The molecule has 0 spiro atoms. The molecule has 106 valence electrons. The maximum atomic E-state index is 10.9. The van der Waals surface area contributed by atoms with Crippen LogP contribution < -0.4 is 5.73 Å². The molecule has 0 aliphatic rings. The SMILES string of the molecule is Cc1ccc(Cn2c(CO)cnc2SCC(N)=O)cc1. The first-order chi connectivity index (χ1) is 9.60. The number of hydrogen-bond acceptors (Lipinski definition) is 4. The number of aromatic nitrogens is 2. The number of primary amides is 1. The average molecular weight is 291 g/mol. The van der Waals surface area contributed by atoms with Crippen LogP contribution in [0.3, 0.4) is 0 Å². The second-order valence-electron chi connectivity index (χ2n) is 4.52. The molecule has 2 rings (SSSR count). The van der Waals surface area contributed by atoms with Gasteiger partial charge < -0.3 is 15.4 Å². The number of rotatable bonds is 6. The highest BCUT2D eigenvalue weighted by molar-refractivity contribution is 7.99. The van der Waals surface area contributed by atoms with Crippen molar-refractivity contribution in [1.29, 1.82) is 0 Å². The summed E-state index contributed by atoms with van der Waals surface area (Å²) >= 11 is 1.28. The minimum absolute atomic E-state index is 0.0873. The number of imidazole rings is 1. The molecule has 0 bridgehead atoms. The third-order valence-electron chi connectivity index (χ3n) is 2.87. The molecule has 2 aromatic rings. The number of thioether (sulfide) groups is 1. The fraction of sp³-hybridized carbons (Fsp3) is 0.286. The second-order valence-corrected chi connectivity index (χ2v) is 5.46. The van der Waals surface area contributed by atoms with Crippen LogP contribution >= 0.6 is 11.8 Å². The Balaban J connectivity index is 2.21. The van der Waals surface area contributed by atoms with Crippen LogP contribution in [0.2, 0.25) is 0 Å². The molecule has 1 heterocycles. The van der Waals surface area contributed by atoms with Gasteiger partial charge in [-0.05, 0) is 12.5 Å². The van der Waals surface area contributed by atoms with E-state index in [-0.39, 0.29) is 18.3 Å². The van der Waals surface area contributed by atoms with Crippen molar-refractivity contribution in [2.75, 3.05) is 5.75 Å². The highest BCUT2D eigenvalue weighted by Crippen LogP contribution is 2.20. The number of carbonyl (C=O) groups excluding carboxylic acids is 1. The Hall–Kier alpha value is -1.79. The van der Waals surface area contributed by atoms with Gasteiger partial charge in [0, 0.05) is 6.54 Å². The Morgan fingerprint density at radius 2 is 2.10 bits per heavy atom. The first-order valence-electron chi connectivity index (χ1n) is 6.22. The van der Waals surface area contributed by atoms with Crippen LogP contribution in [0.4, 0.5) is 0 Å². The monoisotopic (exact) mass is 291 g/mol. The standard InChI is InChI=1S/C14H17N3O2S/c1-10-2-4-11(5-3-10)7-17-12(8-18)6-16-14(17)20-9-13(15)19/h2-6,18H,7-9H2,1H3,(H2,15,19). The smallest absolute Gasteiger partial charge is 0.227 e. The fourth-order valence-corrected chi connectivity index (χ4v) is 2.55. The van der Waals surface area contributed by atoms with Crippen molar-refractivity contribution in [2.45, 2.75) is 25.2 Å². The van der Waals surface area contributed by atoms with E-state index >= 15 is 0 Å². The fourth-order valence-electron chi connectivity index (χ4n) is 1.81. The molecule has 0 unspecified atom stereocenters. The zero-order valence-corrected chi connectivity index (χ0v) is 12.1. The summed E-state index contributed by atoms with van der Waals surface area (Å²) in [6.45, 7) is 2.56. The number of hydrogen-bond donors (Lipinski definition) is 2. The van der Waals surface area contributed by atoms with Crippen molar-refractivity contribution in [3.05, 3.63) is 47.3 Å². The van der Waals surface area contributed by atoms with Crippen molar-refractivity contribution in [3.8, 4) is 0 Å². The minimum Gasteiger partial charge on any atom is -0.390 e. The molecule has 0 aliphatic carbocycles. The quantitative estimate of drug-likeness (QED) is 0.786. The third kappa shape index (κ3) is 3.61. The predicted molar refractivity (Wildman–Crippen MR) is 78.3 cm³/mol. The van der Waals surface area contributed by atoms with E-state index in [9.17, 15) is 9.90 Å². The zero-order chi connectivity index (χ0) is 14.5. The highest BCUT2D eigenvalue weighted by atomic mass is 32.2. The van der Waals surface area contributed by atoms with Crippen LogP contribution in [0, 0.1) is 6.92 Å². The molecule has 0 radical (unpaired) electrons. The van der Waals surface area contributed by atoms with Crippen molar-refractivity contribution in [1.82, 2.24) is 9.55 Å². The highest BCUT2D eigenvalue weighted by Gasteiger charge is 2.11. The van der Waals surface area contributed by atoms with Crippen LogP contribution in [0.1, 0.15) is 16.8 Å². The first-order valence-corrected chi connectivity index (χ1v) is 7.20. The summed E-state index contributed by atoms with van der Waals surface area (Å²) in [4.78, 5) is 15.1. The van der Waals surface area contributed by atoms with Gasteiger partial charge in [0.15, 0.2) is 5.16 Å². The lowest BCUT2D eigenvalue weighted by Crippen LogP contribution is -2.14. The van der Waals surface area contributed by atoms with Gasteiger partial charge in [0.2, 0.25) is 5.91 Å². The van der Waals surface area contributed by atoms with Crippen LogP contribution in [0.5, 0.6) is 0 Å².